The lowest BCUT2D eigenvalue weighted by Crippen LogP contribution is -2.20. The van der Waals surface area contributed by atoms with Crippen molar-refractivity contribution in [2.45, 2.75) is 6.54 Å². The Morgan fingerprint density at radius 3 is 2.26 bits per heavy atom. The molecule has 0 bridgehead atoms. The molecule has 0 amide bonds. The summed E-state index contributed by atoms with van der Waals surface area (Å²) in [5, 5.41) is 6.47. The molecular weight excluding hydrogens is 234 g/mol. The smallest absolute Gasteiger partial charge is 0.0888 e. The van der Waals surface area contributed by atoms with Crippen molar-refractivity contribution in [2.24, 2.45) is 0 Å². The molecule has 2 heterocycles. The van der Waals surface area contributed by atoms with Gasteiger partial charge >= 0.3 is 0 Å². The zero-order chi connectivity index (χ0) is 12.8. The number of hydrogen-bond donors (Lipinski definition) is 2. The molecule has 0 atom stereocenters. The Hall–Kier alpha value is -2.42. The second-order valence-corrected chi connectivity index (χ2v) is 5.03. The second-order valence-electron chi connectivity index (χ2n) is 5.03. The third-order valence-corrected chi connectivity index (χ3v) is 3.84. The summed E-state index contributed by atoms with van der Waals surface area (Å²) in [6.45, 7) is 0.922. The van der Waals surface area contributed by atoms with E-state index >= 15 is 0 Å². The Morgan fingerprint density at radius 2 is 1.47 bits per heavy atom. The summed E-state index contributed by atoms with van der Waals surface area (Å²) in [4.78, 5) is 2.30. The summed E-state index contributed by atoms with van der Waals surface area (Å²) in [6, 6.07) is 17.1. The van der Waals surface area contributed by atoms with Crippen LogP contribution in [0, 0.1) is 0 Å². The first kappa shape index (κ1) is 10.5. The Morgan fingerprint density at radius 1 is 0.842 bits per heavy atom. The molecule has 3 heteroatoms. The number of aromatic nitrogens is 2. The van der Waals surface area contributed by atoms with E-state index in [0.29, 0.717) is 0 Å². The molecule has 2 aromatic carbocycles. The van der Waals surface area contributed by atoms with Crippen LogP contribution in [0.2, 0.25) is 0 Å². The first-order valence-corrected chi connectivity index (χ1v) is 6.50. The Bertz CT molecular complexity index is 736. The number of fused-ring (bicyclic) bond motifs is 5. The number of anilines is 1. The van der Waals surface area contributed by atoms with Gasteiger partial charge < -0.3 is 4.90 Å². The standard InChI is InChI=1S/C16H15N3/c1-19-10-11-6-2-3-7-12(11)15-16(18-17-15)13-8-4-5-9-14(13)19/h2-9,17-18H,10H2,1H3. The van der Waals surface area contributed by atoms with Gasteiger partial charge in [0, 0.05) is 30.4 Å². The molecule has 19 heavy (non-hydrogen) atoms. The fraction of sp³-hybridized carbons (Fsp3) is 0.125. The predicted molar refractivity (Wildman–Crippen MR) is 78.1 cm³/mol. The van der Waals surface area contributed by atoms with E-state index < -0.39 is 0 Å². The lowest BCUT2D eigenvalue weighted by Gasteiger charge is -2.29. The van der Waals surface area contributed by atoms with E-state index in [1.807, 2.05) is 0 Å². The van der Waals surface area contributed by atoms with Crippen molar-refractivity contribution in [1.29, 1.82) is 0 Å². The van der Waals surface area contributed by atoms with Crippen LogP contribution in [0.3, 0.4) is 0 Å². The summed E-state index contributed by atoms with van der Waals surface area (Å²) >= 11 is 0. The normalized spacial score (nSPS) is 13.2. The van der Waals surface area contributed by atoms with E-state index in [-0.39, 0.29) is 0 Å². The number of H-pyrrole nitrogens is 2. The summed E-state index contributed by atoms with van der Waals surface area (Å²) in [7, 11) is 2.15. The molecule has 0 saturated heterocycles. The van der Waals surface area contributed by atoms with E-state index in [1.54, 1.807) is 0 Å². The molecule has 3 nitrogen and oxygen atoms in total. The molecule has 0 unspecified atom stereocenters. The van der Waals surface area contributed by atoms with Crippen LogP contribution in [0.25, 0.3) is 22.5 Å². The third-order valence-electron chi connectivity index (χ3n) is 3.84. The van der Waals surface area contributed by atoms with Gasteiger partial charge in [-0.3, -0.25) is 10.2 Å². The Balaban J connectivity index is 2.02. The summed E-state index contributed by atoms with van der Waals surface area (Å²) in [6.07, 6.45) is 0. The van der Waals surface area contributed by atoms with E-state index in [0.717, 1.165) is 6.54 Å². The average Bonchev–Trinajstić information content (AvgIpc) is 2.39. The van der Waals surface area contributed by atoms with Crippen LogP contribution < -0.4 is 4.90 Å². The van der Waals surface area contributed by atoms with Gasteiger partial charge in [-0.1, -0.05) is 42.5 Å². The van der Waals surface area contributed by atoms with Gasteiger partial charge in [-0.05, 0) is 11.6 Å². The van der Waals surface area contributed by atoms with Crippen molar-refractivity contribution < 1.29 is 0 Å². The van der Waals surface area contributed by atoms with Gasteiger partial charge in [0.2, 0.25) is 0 Å². The Labute approximate surface area is 111 Å². The minimum Gasteiger partial charge on any atom is -0.370 e. The molecule has 1 aromatic heterocycles. The SMILES string of the molecule is CN1Cc2ccccc2-c2[nH][nH]c2-c2ccccc21. The number of hydrogen-bond acceptors (Lipinski definition) is 1. The number of rotatable bonds is 0. The summed E-state index contributed by atoms with van der Waals surface area (Å²) in [5.41, 5.74) is 7.55. The van der Waals surface area contributed by atoms with Crippen LogP contribution in [0.1, 0.15) is 5.56 Å². The number of benzene rings is 2. The number of aromatic amines is 2. The van der Waals surface area contributed by atoms with Crippen molar-refractivity contribution >= 4 is 5.69 Å². The maximum absolute atomic E-state index is 3.24. The highest BCUT2D eigenvalue weighted by atomic mass is 15.2. The van der Waals surface area contributed by atoms with E-state index in [1.165, 1.54) is 33.8 Å². The fourth-order valence-electron chi connectivity index (χ4n) is 2.85. The molecule has 0 fully saturated rings. The molecule has 3 aromatic rings. The molecule has 1 aliphatic heterocycles. The first-order valence-electron chi connectivity index (χ1n) is 6.50. The second kappa shape index (κ2) is 3.79. The van der Waals surface area contributed by atoms with Crippen LogP contribution in [-0.4, -0.2) is 17.2 Å². The number of para-hydroxylation sites is 1. The van der Waals surface area contributed by atoms with Crippen molar-refractivity contribution in [3.05, 3.63) is 54.1 Å². The van der Waals surface area contributed by atoms with E-state index in [4.69, 9.17) is 0 Å². The molecule has 0 saturated carbocycles. The van der Waals surface area contributed by atoms with Crippen LogP contribution in [0.4, 0.5) is 5.69 Å². The summed E-state index contributed by atoms with van der Waals surface area (Å²) < 4.78 is 0. The van der Waals surface area contributed by atoms with Crippen molar-refractivity contribution in [2.75, 3.05) is 11.9 Å². The third kappa shape index (κ3) is 1.45. The highest BCUT2D eigenvalue weighted by Crippen LogP contribution is 2.40. The van der Waals surface area contributed by atoms with Crippen LogP contribution in [0.15, 0.2) is 48.5 Å². The molecule has 0 radical (unpaired) electrons. The molecular formula is C16H15N3. The summed E-state index contributed by atoms with van der Waals surface area (Å²) in [5.74, 6) is 0. The Kier molecular flexibility index (Phi) is 2.09. The number of nitrogens with one attached hydrogen (secondary N) is 2. The van der Waals surface area contributed by atoms with Gasteiger partial charge in [-0.2, -0.15) is 0 Å². The zero-order valence-electron chi connectivity index (χ0n) is 10.8. The van der Waals surface area contributed by atoms with Gasteiger partial charge in [0.1, 0.15) is 0 Å². The quantitative estimate of drug-likeness (QED) is 0.627. The van der Waals surface area contributed by atoms with Crippen molar-refractivity contribution in [3.63, 3.8) is 0 Å². The van der Waals surface area contributed by atoms with Crippen molar-refractivity contribution in [3.8, 4) is 22.5 Å². The first-order chi connectivity index (χ1) is 9.34. The van der Waals surface area contributed by atoms with Crippen LogP contribution in [0.5, 0.6) is 0 Å². The molecule has 94 valence electrons. The van der Waals surface area contributed by atoms with Gasteiger partial charge in [0.05, 0.1) is 11.4 Å². The maximum Gasteiger partial charge on any atom is 0.0888 e. The van der Waals surface area contributed by atoms with E-state index in [9.17, 15) is 0 Å². The lowest BCUT2D eigenvalue weighted by atomic mass is 9.95. The monoisotopic (exact) mass is 249 g/mol. The average molecular weight is 249 g/mol. The van der Waals surface area contributed by atoms with Gasteiger partial charge in [-0.25, -0.2) is 0 Å². The van der Waals surface area contributed by atoms with Crippen LogP contribution in [-0.2, 0) is 6.54 Å². The maximum atomic E-state index is 3.24. The van der Waals surface area contributed by atoms with Gasteiger partial charge in [0.25, 0.3) is 0 Å². The minimum atomic E-state index is 0.922. The lowest BCUT2D eigenvalue weighted by molar-refractivity contribution is 0.901. The zero-order valence-corrected chi connectivity index (χ0v) is 10.8. The molecule has 0 spiro atoms. The fourth-order valence-corrected chi connectivity index (χ4v) is 2.85. The molecule has 0 aliphatic carbocycles. The van der Waals surface area contributed by atoms with Crippen molar-refractivity contribution in [1.82, 2.24) is 10.2 Å². The predicted octanol–water partition coefficient (Wildman–Crippen LogP) is 3.63. The van der Waals surface area contributed by atoms with Crippen LogP contribution >= 0.6 is 0 Å². The van der Waals surface area contributed by atoms with Gasteiger partial charge in [-0.15, -0.1) is 0 Å². The number of nitrogens with zero attached hydrogens (tertiary/aromatic N) is 1. The topological polar surface area (TPSA) is 34.8 Å². The van der Waals surface area contributed by atoms with E-state index in [2.05, 4.69) is 70.7 Å². The highest BCUT2D eigenvalue weighted by molar-refractivity contribution is 5.88. The van der Waals surface area contributed by atoms with Gasteiger partial charge in [0.15, 0.2) is 0 Å². The molecule has 2 N–H and O–H groups in total. The highest BCUT2D eigenvalue weighted by Gasteiger charge is 2.22. The minimum absolute atomic E-state index is 0.922. The molecule has 4 rings (SSSR count). The molecule has 1 aliphatic rings. The largest absolute Gasteiger partial charge is 0.370 e.